The van der Waals surface area contributed by atoms with Gasteiger partial charge in [0.25, 0.3) is 5.91 Å². The lowest BCUT2D eigenvalue weighted by Gasteiger charge is -2.18. The quantitative estimate of drug-likeness (QED) is 0.388. The third-order valence-electron chi connectivity index (χ3n) is 5.20. The van der Waals surface area contributed by atoms with Gasteiger partial charge in [0, 0.05) is 33.7 Å². The zero-order valence-electron chi connectivity index (χ0n) is 19.4. The summed E-state index contributed by atoms with van der Waals surface area (Å²) in [4.78, 5) is 26.6. The molecule has 188 valence electrons. The largest absolute Gasteiger partial charge is 0.573 e. The fraction of sp³-hybridized carbons (Fsp3) is 0.160. The number of hydrogen-bond donors (Lipinski definition) is 1. The molecule has 37 heavy (non-hydrogen) atoms. The van der Waals surface area contributed by atoms with Crippen molar-refractivity contribution in [2.75, 3.05) is 6.26 Å². The first-order valence-electron chi connectivity index (χ1n) is 10.7. The first-order valence-corrected chi connectivity index (χ1v) is 12.3. The summed E-state index contributed by atoms with van der Waals surface area (Å²) in [6, 6.07) is 14.6. The molecule has 8 nitrogen and oxygen atoms in total. The number of benzene rings is 2. The van der Waals surface area contributed by atoms with Crippen LogP contribution in [-0.4, -0.2) is 37.7 Å². The van der Waals surface area contributed by atoms with Crippen LogP contribution >= 0.6 is 0 Å². The monoisotopic (exact) mass is 525 g/mol. The van der Waals surface area contributed by atoms with E-state index >= 15 is 0 Å². The molecular weight excluding hydrogens is 507 g/mol. The van der Waals surface area contributed by atoms with Crippen LogP contribution < -0.4 is 10.1 Å². The molecule has 2 aromatic heterocycles. The molecule has 2 atom stereocenters. The first-order chi connectivity index (χ1) is 17.5. The summed E-state index contributed by atoms with van der Waals surface area (Å²) >= 11 is 0. The second-order valence-corrected chi connectivity index (χ2v) is 9.26. The predicted octanol–water partition coefficient (Wildman–Crippen LogP) is 4.69. The van der Waals surface area contributed by atoms with E-state index in [1.807, 2.05) is 6.07 Å². The van der Waals surface area contributed by atoms with Gasteiger partial charge < -0.3 is 10.1 Å². The lowest BCUT2D eigenvalue weighted by atomic mass is 10.1. The molecule has 2 unspecified atom stereocenters. The summed E-state index contributed by atoms with van der Waals surface area (Å²) in [5, 5.41) is 11.8. The first kappa shape index (κ1) is 25.7. The van der Waals surface area contributed by atoms with Crippen LogP contribution in [-0.2, 0) is 10.8 Å². The Morgan fingerprint density at radius 2 is 1.81 bits per heavy atom. The van der Waals surface area contributed by atoms with Crippen molar-refractivity contribution in [2.24, 2.45) is 0 Å². The van der Waals surface area contributed by atoms with Crippen LogP contribution in [0, 0.1) is 11.3 Å². The van der Waals surface area contributed by atoms with Gasteiger partial charge in [0.15, 0.2) is 0 Å². The molecule has 0 spiro atoms. The Balaban J connectivity index is 1.72. The Kier molecular flexibility index (Phi) is 7.17. The Labute approximate surface area is 211 Å². The lowest BCUT2D eigenvalue weighted by Crippen LogP contribution is -2.28. The maximum absolute atomic E-state index is 13.1. The van der Waals surface area contributed by atoms with Gasteiger partial charge in [-0.25, -0.2) is 9.97 Å². The minimum absolute atomic E-state index is 0.00692. The topological polar surface area (TPSA) is 118 Å². The van der Waals surface area contributed by atoms with E-state index < -0.39 is 34.9 Å². The summed E-state index contributed by atoms with van der Waals surface area (Å²) in [5.74, 6) is -1.40. The second kappa shape index (κ2) is 10.3. The average molecular weight is 526 g/mol. The molecule has 2 aromatic carbocycles. The van der Waals surface area contributed by atoms with Crippen molar-refractivity contribution in [2.45, 2.75) is 24.2 Å². The van der Waals surface area contributed by atoms with E-state index in [1.54, 1.807) is 43.3 Å². The van der Waals surface area contributed by atoms with Crippen LogP contribution in [0.4, 0.5) is 13.2 Å². The van der Waals surface area contributed by atoms with Crippen molar-refractivity contribution in [3.8, 4) is 23.2 Å². The van der Waals surface area contributed by atoms with E-state index in [0.29, 0.717) is 33.7 Å². The summed E-state index contributed by atoms with van der Waals surface area (Å²) in [6.07, 6.45) is -2.32. The van der Waals surface area contributed by atoms with Crippen LogP contribution in [0.15, 0.2) is 65.7 Å². The summed E-state index contributed by atoms with van der Waals surface area (Å²) < 4.78 is 54.2. The van der Waals surface area contributed by atoms with Gasteiger partial charge in [-0.05, 0) is 49.4 Å². The molecule has 1 amide bonds. The fourth-order valence-corrected chi connectivity index (χ4v) is 4.09. The minimum Gasteiger partial charge on any atom is -0.406 e. The number of carbonyl (C=O) groups is 1. The molecule has 4 aromatic rings. The molecule has 0 saturated heterocycles. The average Bonchev–Trinajstić information content (AvgIpc) is 2.86. The molecular formula is C25H18F3N5O3S. The molecule has 1 N–H and O–H groups in total. The van der Waals surface area contributed by atoms with E-state index in [-0.39, 0.29) is 10.5 Å². The second-order valence-electron chi connectivity index (χ2n) is 7.88. The molecule has 0 aliphatic carbocycles. The Morgan fingerprint density at radius 1 is 1.11 bits per heavy atom. The highest BCUT2D eigenvalue weighted by atomic mass is 32.2. The summed E-state index contributed by atoms with van der Waals surface area (Å²) in [7, 11) is -1.67. The number of amides is 1. The van der Waals surface area contributed by atoms with Crippen molar-refractivity contribution in [3.05, 3.63) is 77.6 Å². The number of carbonyl (C=O) groups excluding carboxylic acids is 1. The molecule has 0 aliphatic rings. The number of nitrogens with one attached hydrogen (secondary N) is 1. The van der Waals surface area contributed by atoms with Crippen molar-refractivity contribution < 1.29 is 26.9 Å². The van der Waals surface area contributed by atoms with E-state index in [1.165, 1.54) is 18.5 Å². The molecule has 0 fully saturated rings. The number of fused-ring (bicyclic) bond motifs is 1. The number of hydrogen-bond acceptors (Lipinski definition) is 7. The van der Waals surface area contributed by atoms with Crippen LogP contribution in [0.2, 0.25) is 0 Å². The maximum Gasteiger partial charge on any atom is 0.573 e. The number of para-hydroxylation sites is 2. The van der Waals surface area contributed by atoms with Gasteiger partial charge in [-0.1, -0.05) is 12.1 Å². The number of halogens is 3. The molecule has 0 saturated carbocycles. The van der Waals surface area contributed by atoms with Crippen LogP contribution in [0.5, 0.6) is 5.75 Å². The Morgan fingerprint density at radius 3 is 2.41 bits per heavy atom. The molecule has 2 heterocycles. The minimum atomic E-state index is -4.99. The summed E-state index contributed by atoms with van der Waals surface area (Å²) in [5.41, 5.74) is 2.44. The summed E-state index contributed by atoms with van der Waals surface area (Å²) in [6.45, 7) is 1.64. The van der Waals surface area contributed by atoms with E-state index in [9.17, 15) is 22.2 Å². The number of nitriles is 1. The number of pyridine rings is 1. The third-order valence-corrected chi connectivity index (χ3v) is 6.10. The van der Waals surface area contributed by atoms with E-state index in [2.05, 4.69) is 25.0 Å². The van der Waals surface area contributed by atoms with Gasteiger partial charge in [0.1, 0.15) is 17.5 Å². The van der Waals surface area contributed by atoms with Crippen molar-refractivity contribution in [1.82, 2.24) is 20.3 Å². The number of alkyl halides is 3. The normalized spacial score (nSPS) is 13.0. The highest BCUT2D eigenvalue weighted by Gasteiger charge is 2.32. The van der Waals surface area contributed by atoms with Gasteiger partial charge in [-0.15, -0.1) is 13.2 Å². The highest BCUT2D eigenvalue weighted by Crippen LogP contribution is 2.29. The van der Waals surface area contributed by atoms with Crippen molar-refractivity contribution in [3.63, 3.8) is 0 Å². The van der Waals surface area contributed by atoms with Gasteiger partial charge in [-0.2, -0.15) is 5.26 Å². The molecule has 12 heteroatoms. The number of rotatable bonds is 6. The van der Waals surface area contributed by atoms with Crippen molar-refractivity contribution in [1.29, 1.82) is 5.26 Å². The number of aromatic nitrogens is 3. The Bertz CT molecular complexity index is 1550. The standard InChI is InChI=1S/C25H18F3N5O3S/c1-14(31-24(34)16-9-17(36-25(26,27)28)11-18(10-16)37(2)35)22-23(21-8-7-15(12-29)13-30-21)33-20-6-4-3-5-19(20)32-22/h3-11,13-14H,1-2H3,(H,31,34). The highest BCUT2D eigenvalue weighted by molar-refractivity contribution is 7.84. The fourth-order valence-electron chi connectivity index (χ4n) is 3.51. The maximum atomic E-state index is 13.1. The van der Waals surface area contributed by atoms with Gasteiger partial charge in [0.05, 0.1) is 34.0 Å². The zero-order valence-corrected chi connectivity index (χ0v) is 20.2. The number of ether oxygens (including phenoxy) is 1. The number of nitrogens with zero attached hydrogens (tertiary/aromatic N) is 4. The Hall–Kier alpha value is -4.37. The molecule has 0 aliphatic heterocycles. The predicted molar refractivity (Wildman–Crippen MR) is 129 cm³/mol. The van der Waals surface area contributed by atoms with E-state index in [0.717, 1.165) is 12.1 Å². The SMILES string of the molecule is CC(NC(=O)c1cc(OC(F)(F)F)cc(S(C)=O)c1)c1nc2ccccc2nc1-c1ccc(C#N)cn1. The molecule has 0 radical (unpaired) electrons. The molecule has 4 rings (SSSR count). The zero-order chi connectivity index (χ0) is 26.7. The third kappa shape index (κ3) is 6.07. The molecule has 0 bridgehead atoms. The van der Waals surface area contributed by atoms with Crippen LogP contribution in [0.3, 0.4) is 0 Å². The smallest absolute Gasteiger partial charge is 0.406 e. The van der Waals surface area contributed by atoms with Gasteiger partial charge in [-0.3, -0.25) is 14.0 Å². The van der Waals surface area contributed by atoms with Crippen LogP contribution in [0.1, 0.15) is 34.6 Å². The van der Waals surface area contributed by atoms with Gasteiger partial charge >= 0.3 is 6.36 Å². The van der Waals surface area contributed by atoms with Gasteiger partial charge in [0.2, 0.25) is 0 Å². The lowest BCUT2D eigenvalue weighted by molar-refractivity contribution is -0.274. The van der Waals surface area contributed by atoms with Crippen molar-refractivity contribution >= 4 is 27.7 Å². The van der Waals surface area contributed by atoms with E-state index in [4.69, 9.17) is 5.26 Å². The van der Waals surface area contributed by atoms with Crippen LogP contribution in [0.25, 0.3) is 22.4 Å².